The molecule has 2 N–H and O–H groups in total. The number of nitrogens with zero attached hydrogens (tertiary/aromatic N) is 3. The molecule has 3 aliphatic heterocycles. The minimum Gasteiger partial charge on any atom is -0.368 e. The third kappa shape index (κ3) is 3.56. The molecule has 3 fully saturated rings. The van der Waals surface area contributed by atoms with Crippen molar-refractivity contribution >= 4 is 11.7 Å². The molecule has 6 heteroatoms. The van der Waals surface area contributed by atoms with Crippen LogP contribution in [0.5, 0.6) is 0 Å². The van der Waals surface area contributed by atoms with E-state index in [0.29, 0.717) is 18.2 Å². The van der Waals surface area contributed by atoms with Gasteiger partial charge in [0.25, 0.3) is 5.91 Å². The molecular weight excluding hydrogens is 278 g/mol. The summed E-state index contributed by atoms with van der Waals surface area (Å²) in [6.45, 7) is 9.55. The zero-order chi connectivity index (χ0) is 15.4. The zero-order valence-corrected chi connectivity index (χ0v) is 13.2. The van der Waals surface area contributed by atoms with Crippen LogP contribution >= 0.6 is 0 Å². The van der Waals surface area contributed by atoms with Gasteiger partial charge in [0, 0.05) is 58.1 Å². The Balaban J connectivity index is 1.50. The average molecular weight is 303 g/mol. The molecule has 3 aliphatic rings. The predicted octanol–water partition coefficient (Wildman–Crippen LogP) is 0.633. The van der Waals surface area contributed by atoms with Crippen LogP contribution in [-0.4, -0.2) is 72.5 Å². The molecule has 0 aromatic carbocycles. The first-order valence-corrected chi connectivity index (χ1v) is 8.21. The highest BCUT2D eigenvalue weighted by Crippen LogP contribution is 2.16. The molecule has 3 saturated heterocycles. The zero-order valence-electron chi connectivity index (χ0n) is 13.2. The number of nitrogens with one attached hydrogen (secondary N) is 2. The van der Waals surface area contributed by atoms with E-state index in [4.69, 9.17) is 0 Å². The lowest BCUT2D eigenvalue weighted by Gasteiger charge is -2.47. The van der Waals surface area contributed by atoms with Gasteiger partial charge in [-0.05, 0) is 18.6 Å². The lowest BCUT2D eigenvalue weighted by Crippen LogP contribution is -2.62. The van der Waals surface area contributed by atoms with Crippen molar-refractivity contribution in [1.82, 2.24) is 20.1 Å². The number of rotatable bonds is 6. The Morgan fingerprint density at radius 2 is 2.14 bits per heavy atom. The second kappa shape index (κ2) is 7.07. The SMILES string of the molecule is CCCNC(=O)c1ccc(NCC2CN3CCN2CC3)nc1. The molecule has 1 atom stereocenters. The van der Waals surface area contributed by atoms with Crippen molar-refractivity contribution in [3.05, 3.63) is 23.9 Å². The molecule has 22 heavy (non-hydrogen) atoms. The van der Waals surface area contributed by atoms with Gasteiger partial charge in [0.15, 0.2) is 0 Å². The normalized spacial score (nSPS) is 26.7. The first kappa shape index (κ1) is 15.2. The number of hydrogen-bond donors (Lipinski definition) is 2. The molecule has 6 nitrogen and oxygen atoms in total. The van der Waals surface area contributed by atoms with Crippen LogP contribution in [-0.2, 0) is 0 Å². The maximum atomic E-state index is 11.8. The Morgan fingerprint density at radius 3 is 2.73 bits per heavy atom. The van der Waals surface area contributed by atoms with E-state index in [1.54, 1.807) is 6.20 Å². The second-order valence-corrected chi connectivity index (χ2v) is 6.06. The lowest BCUT2D eigenvalue weighted by atomic mass is 10.1. The second-order valence-electron chi connectivity index (χ2n) is 6.06. The summed E-state index contributed by atoms with van der Waals surface area (Å²) in [6, 6.07) is 4.28. The highest BCUT2D eigenvalue weighted by molar-refractivity contribution is 5.93. The van der Waals surface area contributed by atoms with Gasteiger partial charge in [-0.2, -0.15) is 0 Å². The smallest absolute Gasteiger partial charge is 0.252 e. The maximum Gasteiger partial charge on any atom is 0.252 e. The molecule has 4 rings (SSSR count). The topological polar surface area (TPSA) is 60.5 Å². The van der Waals surface area contributed by atoms with Crippen molar-refractivity contribution in [3.63, 3.8) is 0 Å². The number of amides is 1. The molecule has 120 valence electrons. The van der Waals surface area contributed by atoms with Crippen LogP contribution in [0.25, 0.3) is 0 Å². The minimum absolute atomic E-state index is 0.0515. The summed E-state index contributed by atoms with van der Waals surface area (Å²) < 4.78 is 0. The summed E-state index contributed by atoms with van der Waals surface area (Å²) in [7, 11) is 0. The summed E-state index contributed by atoms with van der Waals surface area (Å²) in [5.74, 6) is 0.786. The summed E-state index contributed by atoms with van der Waals surface area (Å²) in [5.41, 5.74) is 0.616. The summed E-state index contributed by atoms with van der Waals surface area (Å²) >= 11 is 0. The van der Waals surface area contributed by atoms with Crippen molar-refractivity contribution in [2.45, 2.75) is 19.4 Å². The number of carbonyl (C=O) groups excluding carboxylic acids is 1. The Kier molecular flexibility index (Phi) is 4.90. The Morgan fingerprint density at radius 1 is 1.32 bits per heavy atom. The fourth-order valence-corrected chi connectivity index (χ4v) is 3.11. The monoisotopic (exact) mass is 303 g/mol. The largest absolute Gasteiger partial charge is 0.368 e. The number of fused-ring (bicyclic) bond motifs is 3. The first-order chi connectivity index (χ1) is 10.8. The summed E-state index contributed by atoms with van der Waals surface area (Å²) in [6.07, 6.45) is 2.58. The first-order valence-electron chi connectivity index (χ1n) is 8.21. The Labute approximate surface area is 131 Å². The van der Waals surface area contributed by atoms with Crippen LogP contribution in [0.4, 0.5) is 5.82 Å². The van der Waals surface area contributed by atoms with E-state index in [0.717, 1.165) is 25.3 Å². The predicted molar refractivity (Wildman–Crippen MR) is 87.2 cm³/mol. The van der Waals surface area contributed by atoms with Crippen LogP contribution in [0, 0.1) is 0 Å². The third-order valence-corrected chi connectivity index (χ3v) is 4.47. The highest BCUT2D eigenvalue weighted by atomic mass is 16.1. The van der Waals surface area contributed by atoms with Crippen LogP contribution in [0.15, 0.2) is 18.3 Å². The molecule has 0 radical (unpaired) electrons. The van der Waals surface area contributed by atoms with E-state index in [1.807, 2.05) is 19.1 Å². The fraction of sp³-hybridized carbons (Fsp3) is 0.625. The molecule has 0 spiro atoms. The molecule has 0 aliphatic carbocycles. The van der Waals surface area contributed by atoms with Crippen molar-refractivity contribution in [2.24, 2.45) is 0 Å². The van der Waals surface area contributed by atoms with Crippen molar-refractivity contribution in [1.29, 1.82) is 0 Å². The van der Waals surface area contributed by atoms with Gasteiger partial charge in [0.05, 0.1) is 5.56 Å². The van der Waals surface area contributed by atoms with E-state index in [1.165, 1.54) is 26.2 Å². The van der Waals surface area contributed by atoms with Crippen molar-refractivity contribution < 1.29 is 4.79 Å². The molecular formula is C16H25N5O. The number of aromatic nitrogens is 1. The van der Waals surface area contributed by atoms with Gasteiger partial charge in [-0.15, -0.1) is 0 Å². The molecule has 4 heterocycles. The number of anilines is 1. The van der Waals surface area contributed by atoms with Crippen LogP contribution < -0.4 is 10.6 Å². The molecule has 1 aromatic rings. The number of carbonyl (C=O) groups is 1. The van der Waals surface area contributed by atoms with Gasteiger partial charge < -0.3 is 10.6 Å². The van der Waals surface area contributed by atoms with Gasteiger partial charge in [0.2, 0.25) is 0 Å². The molecule has 1 amide bonds. The Hall–Kier alpha value is -1.66. The fourth-order valence-electron chi connectivity index (χ4n) is 3.11. The lowest BCUT2D eigenvalue weighted by molar-refractivity contribution is 0.0189. The third-order valence-electron chi connectivity index (χ3n) is 4.47. The quantitative estimate of drug-likeness (QED) is 0.807. The molecule has 1 unspecified atom stereocenters. The van der Waals surface area contributed by atoms with E-state index >= 15 is 0 Å². The average Bonchev–Trinajstić information content (AvgIpc) is 2.59. The van der Waals surface area contributed by atoms with Crippen molar-refractivity contribution in [3.8, 4) is 0 Å². The van der Waals surface area contributed by atoms with Crippen LogP contribution in [0.1, 0.15) is 23.7 Å². The van der Waals surface area contributed by atoms with Gasteiger partial charge in [-0.25, -0.2) is 4.98 Å². The van der Waals surface area contributed by atoms with E-state index in [-0.39, 0.29) is 5.91 Å². The molecule has 1 aromatic heterocycles. The number of hydrogen-bond acceptors (Lipinski definition) is 5. The number of pyridine rings is 1. The molecule has 2 bridgehead atoms. The van der Waals surface area contributed by atoms with Gasteiger partial charge >= 0.3 is 0 Å². The number of piperazine rings is 3. The summed E-state index contributed by atoms with van der Waals surface area (Å²) in [4.78, 5) is 21.3. The van der Waals surface area contributed by atoms with Crippen LogP contribution in [0.3, 0.4) is 0 Å². The van der Waals surface area contributed by atoms with Crippen molar-refractivity contribution in [2.75, 3.05) is 51.1 Å². The van der Waals surface area contributed by atoms with Crippen LogP contribution in [0.2, 0.25) is 0 Å². The van der Waals surface area contributed by atoms with Gasteiger partial charge in [-0.3, -0.25) is 14.6 Å². The van der Waals surface area contributed by atoms with E-state index in [2.05, 4.69) is 25.4 Å². The maximum absolute atomic E-state index is 11.8. The van der Waals surface area contributed by atoms with Gasteiger partial charge in [-0.1, -0.05) is 6.92 Å². The highest BCUT2D eigenvalue weighted by Gasteiger charge is 2.31. The Bertz CT molecular complexity index is 496. The minimum atomic E-state index is -0.0515. The molecule has 0 saturated carbocycles. The van der Waals surface area contributed by atoms with Gasteiger partial charge in [0.1, 0.15) is 5.82 Å². The standard InChI is InChI=1S/C16H25N5O/c1-2-5-17-16(22)13-3-4-15(18-10-13)19-11-14-12-20-6-8-21(14)9-7-20/h3-4,10,14H,2,5-9,11-12H2,1H3,(H,17,22)(H,18,19). The summed E-state index contributed by atoms with van der Waals surface area (Å²) in [5, 5.41) is 6.26. The van der Waals surface area contributed by atoms with E-state index in [9.17, 15) is 4.79 Å². The van der Waals surface area contributed by atoms with E-state index < -0.39 is 0 Å².